The second-order valence-corrected chi connectivity index (χ2v) is 2.59. The third-order valence-electron chi connectivity index (χ3n) is 1.26. The lowest BCUT2D eigenvalue weighted by molar-refractivity contribution is -0.121. The average molecular weight is 160 g/mol. The van der Waals surface area contributed by atoms with Crippen LogP contribution < -0.4 is 11.1 Å². The van der Waals surface area contributed by atoms with Gasteiger partial charge < -0.3 is 16.2 Å². The predicted octanol–water partition coefficient (Wildman–Crippen LogP) is -0.778. The average Bonchev–Trinajstić information content (AvgIpc) is 1.97. The minimum atomic E-state index is -0.0450. The van der Waals surface area contributed by atoms with E-state index in [0.29, 0.717) is 19.4 Å². The van der Waals surface area contributed by atoms with Crippen molar-refractivity contribution in [1.82, 2.24) is 5.32 Å². The zero-order chi connectivity index (χ0) is 8.69. The molecule has 0 aromatic rings. The molecule has 0 heterocycles. The highest BCUT2D eigenvalue weighted by atomic mass is 16.3. The van der Waals surface area contributed by atoms with Gasteiger partial charge in [-0.15, -0.1) is 0 Å². The molecule has 1 unspecified atom stereocenters. The molecule has 4 nitrogen and oxygen atoms in total. The van der Waals surface area contributed by atoms with Gasteiger partial charge in [-0.1, -0.05) is 0 Å². The Bertz CT molecular complexity index is 115. The normalized spacial score (nSPS) is 12.6. The van der Waals surface area contributed by atoms with Crippen molar-refractivity contribution in [3.8, 4) is 0 Å². The fourth-order valence-corrected chi connectivity index (χ4v) is 0.642. The topological polar surface area (TPSA) is 75.4 Å². The molecule has 0 rings (SSSR count). The molecule has 0 spiro atoms. The van der Waals surface area contributed by atoms with Gasteiger partial charge in [0.15, 0.2) is 0 Å². The van der Waals surface area contributed by atoms with Crippen LogP contribution in [0.3, 0.4) is 0 Å². The fourth-order valence-electron chi connectivity index (χ4n) is 0.642. The molecule has 1 amide bonds. The van der Waals surface area contributed by atoms with Crippen molar-refractivity contribution in [1.29, 1.82) is 0 Å². The second-order valence-electron chi connectivity index (χ2n) is 2.59. The number of hydrogen-bond donors (Lipinski definition) is 3. The molecular weight excluding hydrogens is 144 g/mol. The minimum absolute atomic E-state index is 0.0100. The Labute approximate surface area is 66.8 Å². The molecule has 0 saturated carbocycles. The summed E-state index contributed by atoms with van der Waals surface area (Å²) in [4.78, 5) is 10.8. The fraction of sp³-hybridized carbons (Fsp3) is 0.857. The van der Waals surface area contributed by atoms with E-state index in [2.05, 4.69) is 5.32 Å². The molecule has 0 radical (unpaired) electrons. The Kier molecular flexibility index (Phi) is 5.78. The van der Waals surface area contributed by atoms with Crippen molar-refractivity contribution in [2.75, 3.05) is 13.2 Å². The maximum atomic E-state index is 10.8. The number of hydrogen-bond acceptors (Lipinski definition) is 3. The van der Waals surface area contributed by atoms with Gasteiger partial charge in [0.25, 0.3) is 0 Å². The van der Waals surface area contributed by atoms with Gasteiger partial charge in [0, 0.05) is 19.0 Å². The summed E-state index contributed by atoms with van der Waals surface area (Å²) in [5, 5.41) is 10.9. The van der Waals surface area contributed by atoms with E-state index in [1.54, 1.807) is 0 Å². The van der Waals surface area contributed by atoms with Gasteiger partial charge in [0.1, 0.15) is 0 Å². The molecule has 0 aliphatic carbocycles. The molecule has 1 atom stereocenters. The van der Waals surface area contributed by atoms with Gasteiger partial charge in [-0.2, -0.15) is 0 Å². The van der Waals surface area contributed by atoms with Crippen LogP contribution in [0.15, 0.2) is 0 Å². The van der Waals surface area contributed by atoms with Gasteiger partial charge in [0.05, 0.1) is 6.61 Å². The van der Waals surface area contributed by atoms with Crippen LogP contribution >= 0.6 is 0 Å². The van der Waals surface area contributed by atoms with E-state index in [1.807, 2.05) is 6.92 Å². The maximum absolute atomic E-state index is 10.8. The summed E-state index contributed by atoms with van der Waals surface area (Å²) in [6.45, 7) is 2.18. The van der Waals surface area contributed by atoms with Crippen LogP contribution in [0.25, 0.3) is 0 Å². The van der Waals surface area contributed by atoms with Crippen molar-refractivity contribution in [2.24, 2.45) is 5.73 Å². The van der Waals surface area contributed by atoms with Crippen LogP contribution in [0.4, 0.5) is 0 Å². The van der Waals surface area contributed by atoms with E-state index in [-0.39, 0.29) is 18.6 Å². The number of nitrogens with one attached hydrogen (secondary N) is 1. The first-order chi connectivity index (χ1) is 5.16. The van der Waals surface area contributed by atoms with Gasteiger partial charge in [0.2, 0.25) is 5.91 Å². The third kappa shape index (κ3) is 7.29. The van der Waals surface area contributed by atoms with E-state index in [9.17, 15) is 4.79 Å². The molecular formula is C7H16N2O2. The first-order valence-corrected chi connectivity index (χ1v) is 3.80. The molecule has 0 saturated heterocycles. The lowest BCUT2D eigenvalue weighted by Crippen LogP contribution is -2.28. The first kappa shape index (κ1) is 10.4. The van der Waals surface area contributed by atoms with Crippen LogP contribution in [0.1, 0.15) is 19.8 Å². The van der Waals surface area contributed by atoms with Crippen molar-refractivity contribution >= 4 is 5.91 Å². The molecule has 0 aromatic carbocycles. The number of aliphatic hydroxyl groups excluding tert-OH is 1. The van der Waals surface area contributed by atoms with Crippen molar-refractivity contribution in [3.63, 3.8) is 0 Å². The van der Waals surface area contributed by atoms with Gasteiger partial charge >= 0.3 is 0 Å². The molecule has 0 fully saturated rings. The third-order valence-corrected chi connectivity index (χ3v) is 1.26. The van der Waals surface area contributed by atoms with Crippen molar-refractivity contribution in [2.45, 2.75) is 25.8 Å². The number of amides is 1. The van der Waals surface area contributed by atoms with E-state index in [1.165, 1.54) is 0 Å². The van der Waals surface area contributed by atoms with Crippen molar-refractivity contribution in [3.05, 3.63) is 0 Å². The lowest BCUT2D eigenvalue weighted by Gasteiger charge is -2.04. The summed E-state index contributed by atoms with van der Waals surface area (Å²) in [5.41, 5.74) is 5.44. The highest BCUT2D eigenvalue weighted by molar-refractivity contribution is 5.75. The predicted molar refractivity (Wildman–Crippen MR) is 43.0 cm³/mol. The summed E-state index contributed by atoms with van der Waals surface area (Å²) in [7, 11) is 0. The first-order valence-electron chi connectivity index (χ1n) is 3.80. The number of aliphatic hydroxyl groups is 1. The van der Waals surface area contributed by atoms with Crippen LogP contribution in [-0.4, -0.2) is 30.2 Å². The number of nitrogens with two attached hydrogens (primary N) is 1. The summed E-state index contributed by atoms with van der Waals surface area (Å²) < 4.78 is 0. The highest BCUT2D eigenvalue weighted by Gasteiger charge is 2.01. The second kappa shape index (κ2) is 6.12. The smallest absolute Gasteiger partial charge is 0.220 e. The van der Waals surface area contributed by atoms with Gasteiger partial charge in [-0.05, 0) is 13.3 Å². The van der Waals surface area contributed by atoms with Crippen LogP contribution in [-0.2, 0) is 4.79 Å². The summed E-state index contributed by atoms with van der Waals surface area (Å²) >= 11 is 0. The largest absolute Gasteiger partial charge is 0.395 e. The zero-order valence-electron chi connectivity index (χ0n) is 6.84. The van der Waals surface area contributed by atoms with E-state index in [0.717, 1.165) is 0 Å². The highest BCUT2D eigenvalue weighted by Crippen LogP contribution is 1.91. The molecule has 0 aromatic heterocycles. The van der Waals surface area contributed by atoms with Crippen molar-refractivity contribution < 1.29 is 9.90 Å². The Balaban J connectivity index is 3.23. The van der Waals surface area contributed by atoms with E-state index in [4.69, 9.17) is 10.8 Å². The van der Waals surface area contributed by atoms with Crippen LogP contribution in [0.2, 0.25) is 0 Å². The van der Waals surface area contributed by atoms with Gasteiger partial charge in [-0.3, -0.25) is 4.79 Å². The summed E-state index contributed by atoms with van der Waals surface area (Å²) in [6, 6.07) is 0.0647. The van der Waals surface area contributed by atoms with Crippen LogP contribution in [0.5, 0.6) is 0 Å². The number of carbonyl (C=O) groups excluding carboxylic acids is 1. The van der Waals surface area contributed by atoms with E-state index < -0.39 is 0 Å². The molecule has 66 valence electrons. The number of rotatable bonds is 5. The zero-order valence-corrected chi connectivity index (χ0v) is 6.84. The minimum Gasteiger partial charge on any atom is -0.395 e. The maximum Gasteiger partial charge on any atom is 0.220 e. The standard InChI is InChI=1S/C7H16N2O2/c1-6(8)2-3-7(11)9-4-5-10/h6,10H,2-5,8H2,1H3,(H,9,11). The van der Waals surface area contributed by atoms with Gasteiger partial charge in [-0.25, -0.2) is 0 Å². The Morgan fingerprint density at radius 1 is 1.73 bits per heavy atom. The molecule has 11 heavy (non-hydrogen) atoms. The molecule has 4 heteroatoms. The molecule has 4 N–H and O–H groups in total. The Morgan fingerprint density at radius 3 is 2.82 bits per heavy atom. The lowest BCUT2D eigenvalue weighted by atomic mass is 10.2. The Morgan fingerprint density at radius 2 is 2.36 bits per heavy atom. The number of carbonyl (C=O) groups is 1. The molecule has 0 bridgehead atoms. The summed E-state index contributed by atoms with van der Waals surface area (Å²) in [6.07, 6.45) is 1.13. The Hall–Kier alpha value is -0.610. The SMILES string of the molecule is CC(N)CCC(=O)NCCO. The molecule has 0 aliphatic rings. The van der Waals surface area contributed by atoms with Crippen LogP contribution in [0, 0.1) is 0 Å². The molecule has 0 aliphatic heterocycles. The van der Waals surface area contributed by atoms with E-state index >= 15 is 0 Å². The monoisotopic (exact) mass is 160 g/mol. The summed E-state index contributed by atoms with van der Waals surface area (Å²) in [5.74, 6) is -0.0450. The quantitative estimate of drug-likeness (QED) is 0.494.